The van der Waals surface area contributed by atoms with Crippen molar-refractivity contribution in [1.82, 2.24) is 14.9 Å². The number of carbonyl (C=O) groups is 1. The molecule has 4 aromatic rings. The van der Waals surface area contributed by atoms with Crippen LogP contribution in [0.25, 0.3) is 11.0 Å². The van der Waals surface area contributed by atoms with Gasteiger partial charge in [-0.1, -0.05) is 54.4 Å². The monoisotopic (exact) mass is 469 g/mol. The van der Waals surface area contributed by atoms with Crippen molar-refractivity contribution in [2.75, 3.05) is 13.2 Å². The Kier molecular flexibility index (Phi) is 8.93. The molecule has 1 aromatic heterocycles. The van der Waals surface area contributed by atoms with E-state index in [4.69, 9.17) is 9.72 Å². The second-order valence-electron chi connectivity index (χ2n) is 8.97. The second-order valence-corrected chi connectivity index (χ2v) is 8.97. The highest BCUT2D eigenvalue weighted by atomic mass is 16.5. The van der Waals surface area contributed by atoms with Gasteiger partial charge in [0.15, 0.2) is 0 Å². The predicted molar refractivity (Wildman–Crippen MR) is 142 cm³/mol. The Morgan fingerprint density at radius 3 is 2.57 bits per heavy atom. The number of benzene rings is 3. The lowest BCUT2D eigenvalue weighted by atomic mass is 10.1. The third-order valence-corrected chi connectivity index (χ3v) is 6.16. The second kappa shape index (κ2) is 12.7. The molecule has 0 unspecified atom stereocenters. The number of nitrogens with one attached hydrogen (secondary N) is 1. The highest BCUT2D eigenvalue weighted by Crippen LogP contribution is 2.19. The fourth-order valence-corrected chi connectivity index (χ4v) is 4.32. The van der Waals surface area contributed by atoms with E-state index in [1.807, 2.05) is 67.6 Å². The number of aromatic nitrogens is 2. The van der Waals surface area contributed by atoms with Crippen LogP contribution in [0.15, 0.2) is 78.9 Å². The van der Waals surface area contributed by atoms with Gasteiger partial charge in [-0.15, -0.1) is 0 Å². The van der Waals surface area contributed by atoms with Gasteiger partial charge in [0.1, 0.15) is 11.6 Å². The van der Waals surface area contributed by atoms with Crippen LogP contribution in [-0.2, 0) is 13.0 Å². The average Bonchev–Trinajstić information content (AvgIpc) is 3.23. The number of rotatable bonds is 13. The maximum atomic E-state index is 12.3. The summed E-state index contributed by atoms with van der Waals surface area (Å²) in [6.45, 7) is 4.37. The van der Waals surface area contributed by atoms with Crippen molar-refractivity contribution < 1.29 is 9.53 Å². The van der Waals surface area contributed by atoms with Gasteiger partial charge < -0.3 is 14.6 Å². The topological polar surface area (TPSA) is 56.2 Å². The number of hydrogen-bond acceptors (Lipinski definition) is 3. The molecule has 0 aliphatic heterocycles. The van der Waals surface area contributed by atoms with Crippen LogP contribution in [0.5, 0.6) is 5.75 Å². The van der Waals surface area contributed by atoms with Crippen LogP contribution in [0.1, 0.15) is 53.8 Å². The van der Waals surface area contributed by atoms with Crippen LogP contribution in [0.2, 0.25) is 0 Å². The Morgan fingerprint density at radius 2 is 1.71 bits per heavy atom. The summed E-state index contributed by atoms with van der Waals surface area (Å²) in [5.74, 6) is 2.09. The number of carbonyl (C=O) groups excluding carboxylic acids is 1. The molecule has 35 heavy (non-hydrogen) atoms. The summed E-state index contributed by atoms with van der Waals surface area (Å²) in [5, 5.41) is 3.04. The van der Waals surface area contributed by atoms with Crippen molar-refractivity contribution in [2.45, 2.75) is 52.0 Å². The number of amides is 1. The molecule has 0 aliphatic rings. The van der Waals surface area contributed by atoms with Crippen molar-refractivity contribution >= 4 is 16.9 Å². The first-order chi connectivity index (χ1) is 17.2. The lowest BCUT2D eigenvalue weighted by molar-refractivity contribution is 0.0953. The molecule has 0 bridgehead atoms. The summed E-state index contributed by atoms with van der Waals surface area (Å²) in [6.07, 6.45) is 6.07. The van der Waals surface area contributed by atoms with E-state index in [1.165, 1.54) is 5.52 Å². The fourth-order valence-electron chi connectivity index (χ4n) is 4.32. The number of aryl methyl sites for hydroxylation is 3. The van der Waals surface area contributed by atoms with E-state index < -0.39 is 0 Å². The Bertz CT molecular complexity index is 1220. The molecule has 1 heterocycles. The van der Waals surface area contributed by atoms with Crippen LogP contribution in [0.4, 0.5) is 0 Å². The first-order valence-corrected chi connectivity index (χ1v) is 12.7. The molecule has 0 aliphatic carbocycles. The van der Waals surface area contributed by atoms with Gasteiger partial charge in [0.05, 0.1) is 17.6 Å². The number of para-hydroxylation sites is 3. The zero-order valence-electron chi connectivity index (χ0n) is 20.6. The summed E-state index contributed by atoms with van der Waals surface area (Å²) in [5.41, 5.74) is 4.10. The normalized spacial score (nSPS) is 11.0. The summed E-state index contributed by atoms with van der Waals surface area (Å²) < 4.78 is 8.21. The number of imidazole rings is 1. The van der Waals surface area contributed by atoms with Crippen LogP contribution >= 0.6 is 0 Å². The maximum absolute atomic E-state index is 12.3. The van der Waals surface area contributed by atoms with Gasteiger partial charge in [-0.2, -0.15) is 0 Å². The van der Waals surface area contributed by atoms with Gasteiger partial charge in [0.25, 0.3) is 5.91 Å². The summed E-state index contributed by atoms with van der Waals surface area (Å²) in [6, 6.07) is 26.1. The van der Waals surface area contributed by atoms with E-state index in [0.717, 1.165) is 79.9 Å². The lowest BCUT2D eigenvalue weighted by Crippen LogP contribution is -2.24. The number of hydrogen-bond donors (Lipinski definition) is 1. The Morgan fingerprint density at radius 1 is 0.886 bits per heavy atom. The molecule has 0 atom stereocenters. The maximum Gasteiger partial charge on any atom is 0.251 e. The van der Waals surface area contributed by atoms with Gasteiger partial charge in [-0.25, -0.2) is 4.98 Å². The van der Waals surface area contributed by atoms with E-state index >= 15 is 0 Å². The Hall–Kier alpha value is -3.60. The molecule has 0 radical (unpaired) electrons. The minimum Gasteiger partial charge on any atom is -0.494 e. The molecule has 182 valence electrons. The number of unbranched alkanes of at least 4 members (excludes halogenated alkanes) is 3. The predicted octanol–water partition coefficient (Wildman–Crippen LogP) is 6.35. The fraction of sp³-hybridized carbons (Fsp3) is 0.333. The zero-order valence-corrected chi connectivity index (χ0v) is 20.6. The van der Waals surface area contributed by atoms with Crippen LogP contribution in [-0.4, -0.2) is 28.6 Å². The van der Waals surface area contributed by atoms with Gasteiger partial charge in [0, 0.05) is 25.1 Å². The van der Waals surface area contributed by atoms with E-state index in [-0.39, 0.29) is 5.91 Å². The summed E-state index contributed by atoms with van der Waals surface area (Å²) >= 11 is 0. The summed E-state index contributed by atoms with van der Waals surface area (Å²) in [7, 11) is 0. The van der Waals surface area contributed by atoms with E-state index in [2.05, 4.69) is 28.1 Å². The van der Waals surface area contributed by atoms with Crippen molar-refractivity contribution in [1.29, 1.82) is 0 Å². The third kappa shape index (κ3) is 7.19. The zero-order chi connectivity index (χ0) is 24.3. The molecule has 1 amide bonds. The quantitative estimate of drug-likeness (QED) is 0.232. The first kappa shape index (κ1) is 24.5. The van der Waals surface area contributed by atoms with Crippen molar-refractivity contribution in [3.8, 4) is 5.75 Å². The van der Waals surface area contributed by atoms with Gasteiger partial charge >= 0.3 is 0 Å². The van der Waals surface area contributed by atoms with Gasteiger partial charge in [-0.05, 0) is 69.0 Å². The van der Waals surface area contributed by atoms with Crippen molar-refractivity contribution in [3.05, 3.63) is 95.8 Å². The largest absolute Gasteiger partial charge is 0.494 e. The molecular weight excluding hydrogens is 434 g/mol. The molecular formula is C30H35N3O2. The summed E-state index contributed by atoms with van der Waals surface area (Å²) in [4.78, 5) is 17.2. The Labute approximate surface area is 208 Å². The first-order valence-electron chi connectivity index (χ1n) is 12.7. The highest BCUT2D eigenvalue weighted by molar-refractivity contribution is 5.94. The van der Waals surface area contributed by atoms with E-state index in [0.29, 0.717) is 6.54 Å². The average molecular weight is 470 g/mol. The standard InChI is InChI=1S/C30H35N3O2/c1-24-13-12-14-25(23-24)30(34)31-20-9-3-6-19-29-32-27-17-7-8-18-28(27)33(29)21-10-11-22-35-26-15-4-2-5-16-26/h2,4-5,7-8,12-18,23H,3,6,9-11,19-22H2,1H3,(H,31,34). The minimum atomic E-state index is 0.00624. The van der Waals surface area contributed by atoms with Crippen LogP contribution in [0.3, 0.4) is 0 Å². The number of nitrogens with zero attached hydrogens (tertiary/aromatic N) is 2. The molecule has 4 rings (SSSR count). The molecule has 0 saturated carbocycles. The molecule has 1 N–H and O–H groups in total. The number of ether oxygens (including phenoxy) is 1. The molecule has 3 aromatic carbocycles. The Balaban J connectivity index is 1.21. The lowest BCUT2D eigenvalue weighted by Gasteiger charge is -2.10. The van der Waals surface area contributed by atoms with Gasteiger partial charge in [0.2, 0.25) is 0 Å². The van der Waals surface area contributed by atoms with E-state index in [9.17, 15) is 4.79 Å². The van der Waals surface area contributed by atoms with E-state index in [1.54, 1.807) is 0 Å². The molecule has 5 heteroatoms. The van der Waals surface area contributed by atoms with Gasteiger partial charge in [-0.3, -0.25) is 4.79 Å². The molecule has 5 nitrogen and oxygen atoms in total. The third-order valence-electron chi connectivity index (χ3n) is 6.16. The highest BCUT2D eigenvalue weighted by Gasteiger charge is 2.10. The minimum absolute atomic E-state index is 0.00624. The van der Waals surface area contributed by atoms with Crippen molar-refractivity contribution in [3.63, 3.8) is 0 Å². The molecule has 0 saturated heterocycles. The van der Waals surface area contributed by atoms with Crippen LogP contribution in [0, 0.1) is 6.92 Å². The smallest absolute Gasteiger partial charge is 0.251 e. The SMILES string of the molecule is Cc1cccc(C(=O)NCCCCCc2nc3ccccc3n2CCCCOc2ccccc2)c1. The molecule has 0 fully saturated rings. The number of fused-ring (bicyclic) bond motifs is 1. The van der Waals surface area contributed by atoms with Crippen molar-refractivity contribution in [2.24, 2.45) is 0 Å². The molecule has 0 spiro atoms. The van der Waals surface area contributed by atoms with Crippen LogP contribution < -0.4 is 10.1 Å².